The van der Waals surface area contributed by atoms with Crippen LogP contribution in [0.5, 0.6) is 0 Å². The zero-order chi connectivity index (χ0) is 11.1. The molecule has 88 valence electrons. The van der Waals surface area contributed by atoms with Gasteiger partial charge in [-0.3, -0.25) is 4.79 Å². The molecule has 2 atom stereocenters. The van der Waals surface area contributed by atoms with E-state index in [-0.39, 0.29) is 5.91 Å². The number of rotatable bonds is 5. The second-order valence-corrected chi connectivity index (χ2v) is 4.32. The highest BCUT2D eigenvalue weighted by atomic mass is 16.1. The third-order valence-corrected chi connectivity index (χ3v) is 3.12. The van der Waals surface area contributed by atoms with Gasteiger partial charge >= 0.3 is 0 Å². The van der Waals surface area contributed by atoms with Crippen LogP contribution < -0.4 is 16.4 Å². The van der Waals surface area contributed by atoms with Crippen molar-refractivity contribution in [1.82, 2.24) is 10.6 Å². The quantitative estimate of drug-likeness (QED) is 0.573. The van der Waals surface area contributed by atoms with Crippen molar-refractivity contribution in [3.05, 3.63) is 0 Å². The Morgan fingerprint density at radius 2 is 2.07 bits per heavy atom. The van der Waals surface area contributed by atoms with Crippen molar-refractivity contribution in [2.45, 2.75) is 38.6 Å². The van der Waals surface area contributed by atoms with Crippen molar-refractivity contribution in [3.63, 3.8) is 0 Å². The van der Waals surface area contributed by atoms with Gasteiger partial charge in [0.1, 0.15) is 0 Å². The lowest BCUT2D eigenvalue weighted by Gasteiger charge is -2.31. The molecule has 1 aliphatic rings. The standard InChI is InChI=1S/C11H23N3O/c1-9(15)13-6-7-14-11-5-3-2-4-10(11)8-12/h10-11,14H,2-8,12H2,1H3,(H,13,15). The van der Waals surface area contributed by atoms with Gasteiger partial charge in [0.25, 0.3) is 0 Å². The van der Waals surface area contributed by atoms with E-state index in [4.69, 9.17) is 5.73 Å². The van der Waals surface area contributed by atoms with Crippen LogP contribution in [0.25, 0.3) is 0 Å². The van der Waals surface area contributed by atoms with Gasteiger partial charge in [0.05, 0.1) is 0 Å². The number of hydrogen-bond acceptors (Lipinski definition) is 3. The van der Waals surface area contributed by atoms with Gasteiger partial charge in [0.2, 0.25) is 5.91 Å². The van der Waals surface area contributed by atoms with Gasteiger partial charge in [0.15, 0.2) is 0 Å². The monoisotopic (exact) mass is 213 g/mol. The topological polar surface area (TPSA) is 67.2 Å². The lowest BCUT2D eigenvalue weighted by atomic mass is 9.84. The van der Waals surface area contributed by atoms with E-state index in [0.29, 0.717) is 18.5 Å². The maximum atomic E-state index is 10.7. The van der Waals surface area contributed by atoms with Crippen LogP contribution >= 0.6 is 0 Å². The fraction of sp³-hybridized carbons (Fsp3) is 0.909. The average Bonchev–Trinajstić information content (AvgIpc) is 2.24. The Kier molecular flexibility index (Phi) is 5.65. The van der Waals surface area contributed by atoms with Crippen LogP contribution in [0.1, 0.15) is 32.6 Å². The molecule has 4 heteroatoms. The average molecular weight is 213 g/mol. The van der Waals surface area contributed by atoms with E-state index in [2.05, 4.69) is 10.6 Å². The first-order valence-electron chi connectivity index (χ1n) is 5.92. The fourth-order valence-corrected chi connectivity index (χ4v) is 2.25. The van der Waals surface area contributed by atoms with Gasteiger partial charge in [-0.15, -0.1) is 0 Å². The molecule has 1 fully saturated rings. The summed E-state index contributed by atoms with van der Waals surface area (Å²) in [4.78, 5) is 10.7. The van der Waals surface area contributed by atoms with Crippen LogP contribution in [0.3, 0.4) is 0 Å². The summed E-state index contributed by atoms with van der Waals surface area (Å²) in [6, 6.07) is 0.553. The maximum absolute atomic E-state index is 10.7. The third-order valence-electron chi connectivity index (χ3n) is 3.12. The molecule has 1 rings (SSSR count). The predicted octanol–water partition coefficient (Wildman–Crippen LogP) is 0.230. The largest absolute Gasteiger partial charge is 0.355 e. The summed E-state index contributed by atoms with van der Waals surface area (Å²) in [5.74, 6) is 0.659. The van der Waals surface area contributed by atoms with E-state index >= 15 is 0 Å². The first-order chi connectivity index (χ1) is 7.24. The van der Waals surface area contributed by atoms with E-state index in [0.717, 1.165) is 13.1 Å². The van der Waals surface area contributed by atoms with Crippen LogP contribution in [0.4, 0.5) is 0 Å². The summed E-state index contributed by atoms with van der Waals surface area (Å²) < 4.78 is 0. The predicted molar refractivity (Wildman–Crippen MR) is 61.5 cm³/mol. The van der Waals surface area contributed by atoms with Crippen molar-refractivity contribution in [2.75, 3.05) is 19.6 Å². The molecule has 15 heavy (non-hydrogen) atoms. The smallest absolute Gasteiger partial charge is 0.216 e. The molecular weight excluding hydrogens is 190 g/mol. The SMILES string of the molecule is CC(=O)NCCNC1CCCCC1CN. The van der Waals surface area contributed by atoms with Crippen molar-refractivity contribution >= 4 is 5.91 Å². The van der Waals surface area contributed by atoms with Crippen molar-refractivity contribution in [3.8, 4) is 0 Å². The van der Waals surface area contributed by atoms with Crippen molar-refractivity contribution in [2.24, 2.45) is 11.7 Å². The highest BCUT2D eigenvalue weighted by Gasteiger charge is 2.22. The van der Waals surface area contributed by atoms with Crippen LogP contribution in [0.2, 0.25) is 0 Å². The number of nitrogens with two attached hydrogens (primary N) is 1. The van der Waals surface area contributed by atoms with Gasteiger partial charge in [-0.1, -0.05) is 12.8 Å². The Labute approximate surface area is 92.0 Å². The number of carbonyl (C=O) groups is 1. The van der Waals surface area contributed by atoms with E-state index in [1.54, 1.807) is 6.92 Å². The van der Waals surface area contributed by atoms with Gasteiger partial charge in [0, 0.05) is 26.1 Å². The van der Waals surface area contributed by atoms with Gasteiger partial charge in [-0.25, -0.2) is 0 Å². The molecule has 0 heterocycles. The van der Waals surface area contributed by atoms with Crippen LogP contribution in [-0.2, 0) is 4.79 Å². The summed E-state index contributed by atoms with van der Waals surface area (Å²) in [6.07, 6.45) is 5.08. The number of amides is 1. The molecule has 0 aromatic carbocycles. The number of hydrogen-bond donors (Lipinski definition) is 3. The van der Waals surface area contributed by atoms with Crippen LogP contribution in [0, 0.1) is 5.92 Å². The minimum atomic E-state index is 0.0378. The van der Waals surface area contributed by atoms with Crippen molar-refractivity contribution < 1.29 is 4.79 Å². The molecule has 0 radical (unpaired) electrons. The fourth-order valence-electron chi connectivity index (χ4n) is 2.25. The van der Waals surface area contributed by atoms with E-state index < -0.39 is 0 Å². The van der Waals surface area contributed by atoms with Crippen LogP contribution in [0.15, 0.2) is 0 Å². The molecule has 1 saturated carbocycles. The Morgan fingerprint density at radius 3 is 2.73 bits per heavy atom. The lowest BCUT2D eigenvalue weighted by molar-refractivity contribution is -0.118. The van der Waals surface area contributed by atoms with Crippen molar-refractivity contribution in [1.29, 1.82) is 0 Å². The second-order valence-electron chi connectivity index (χ2n) is 4.32. The first-order valence-corrected chi connectivity index (χ1v) is 5.92. The van der Waals surface area contributed by atoms with Gasteiger partial charge in [-0.2, -0.15) is 0 Å². The van der Waals surface area contributed by atoms with Gasteiger partial charge < -0.3 is 16.4 Å². The highest BCUT2D eigenvalue weighted by molar-refractivity contribution is 5.72. The number of carbonyl (C=O) groups excluding carboxylic acids is 1. The molecule has 0 bridgehead atoms. The third kappa shape index (κ3) is 4.62. The Morgan fingerprint density at radius 1 is 1.33 bits per heavy atom. The van der Waals surface area contributed by atoms with Gasteiger partial charge in [-0.05, 0) is 25.3 Å². The zero-order valence-electron chi connectivity index (χ0n) is 9.59. The first kappa shape index (κ1) is 12.5. The maximum Gasteiger partial charge on any atom is 0.216 e. The summed E-state index contributed by atoms with van der Waals surface area (Å²) in [6.45, 7) is 3.88. The normalized spacial score (nSPS) is 26.3. The summed E-state index contributed by atoms with van der Waals surface area (Å²) >= 11 is 0. The molecule has 4 nitrogen and oxygen atoms in total. The molecule has 0 aromatic heterocycles. The Balaban J connectivity index is 2.15. The second kappa shape index (κ2) is 6.80. The molecule has 4 N–H and O–H groups in total. The Hall–Kier alpha value is -0.610. The molecule has 2 unspecified atom stereocenters. The molecule has 0 spiro atoms. The molecule has 1 aliphatic carbocycles. The Bertz CT molecular complexity index is 196. The zero-order valence-corrected chi connectivity index (χ0v) is 9.59. The molecular formula is C11H23N3O. The summed E-state index contributed by atoms with van der Waals surface area (Å²) in [7, 11) is 0. The number of nitrogens with one attached hydrogen (secondary N) is 2. The minimum Gasteiger partial charge on any atom is -0.355 e. The van der Waals surface area contributed by atoms with E-state index in [9.17, 15) is 4.79 Å². The summed E-state index contributed by atoms with van der Waals surface area (Å²) in [5, 5.41) is 6.27. The summed E-state index contributed by atoms with van der Waals surface area (Å²) in [5.41, 5.74) is 5.74. The highest BCUT2D eigenvalue weighted by Crippen LogP contribution is 2.23. The van der Waals surface area contributed by atoms with Crippen LogP contribution in [-0.4, -0.2) is 31.6 Å². The molecule has 0 aromatic rings. The lowest BCUT2D eigenvalue weighted by Crippen LogP contribution is -2.44. The van der Waals surface area contributed by atoms with E-state index in [1.165, 1.54) is 25.7 Å². The minimum absolute atomic E-state index is 0.0378. The molecule has 1 amide bonds. The molecule has 0 saturated heterocycles. The van der Waals surface area contributed by atoms with E-state index in [1.807, 2.05) is 0 Å². The molecule has 0 aliphatic heterocycles.